The minimum Gasteiger partial charge on any atom is -0.495 e. The zero-order valence-electron chi connectivity index (χ0n) is 13.1. The van der Waals surface area contributed by atoms with E-state index in [-0.39, 0.29) is 6.79 Å². The van der Waals surface area contributed by atoms with Gasteiger partial charge in [0.25, 0.3) is 0 Å². The highest BCUT2D eigenvalue weighted by Gasteiger charge is 2.22. The molecule has 1 aliphatic heterocycles. The van der Waals surface area contributed by atoms with Gasteiger partial charge in [-0.2, -0.15) is 4.37 Å². The Morgan fingerprint density at radius 3 is 2.75 bits per heavy atom. The molecule has 0 atom stereocenters. The fraction of sp³-hybridized carbons (Fsp3) is 0.176. The molecule has 0 bridgehead atoms. The van der Waals surface area contributed by atoms with Crippen molar-refractivity contribution < 1.29 is 18.9 Å². The Kier molecular flexibility index (Phi) is 3.70. The van der Waals surface area contributed by atoms with Crippen LogP contribution in [0, 0.1) is 0 Å². The maximum atomic E-state index is 5.51. The van der Waals surface area contributed by atoms with Crippen LogP contribution in [-0.2, 0) is 0 Å². The van der Waals surface area contributed by atoms with Gasteiger partial charge in [0.05, 0.1) is 37.2 Å². The molecule has 1 aromatic carbocycles. The summed E-state index contributed by atoms with van der Waals surface area (Å²) >= 11 is 1.40. The van der Waals surface area contributed by atoms with Crippen LogP contribution in [0.5, 0.6) is 23.0 Å². The molecule has 0 saturated carbocycles. The molecule has 0 amide bonds. The second-order valence-electron chi connectivity index (χ2n) is 5.06. The van der Waals surface area contributed by atoms with Gasteiger partial charge >= 0.3 is 0 Å². The Bertz CT molecular complexity index is 877. The minimum atomic E-state index is 0.199. The number of pyridine rings is 1. The molecule has 2 aromatic heterocycles. The lowest BCUT2D eigenvalue weighted by molar-refractivity contribution is 0.171. The molecule has 3 heterocycles. The van der Waals surface area contributed by atoms with Crippen molar-refractivity contribution in [3.63, 3.8) is 0 Å². The quantitative estimate of drug-likeness (QED) is 0.722. The van der Waals surface area contributed by atoms with Gasteiger partial charge in [-0.05, 0) is 35.8 Å². The van der Waals surface area contributed by atoms with E-state index in [1.165, 1.54) is 11.5 Å². The van der Waals surface area contributed by atoms with E-state index in [4.69, 9.17) is 18.9 Å². The summed E-state index contributed by atoms with van der Waals surface area (Å²) < 4.78 is 25.9. The third-order valence-electron chi connectivity index (χ3n) is 3.74. The monoisotopic (exact) mass is 342 g/mol. The summed E-state index contributed by atoms with van der Waals surface area (Å²) in [5.41, 5.74) is 2.73. The number of benzene rings is 1. The molecule has 0 unspecified atom stereocenters. The normalized spacial score (nSPS) is 12.2. The van der Waals surface area contributed by atoms with Crippen molar-refractivity contribution in [3.05, 3.63) is 36.7 Å². The predicted molar refractivity (Wildman–Crippen MR) is 90.0 cm³/mol. The van der Waals surface area contributed by atoms with E-state index in [1.807, 2.05) is 30.5 Å². The first-order chi connectivity index (χ1) is 11.8. The molecule has 3 aromatic rings. The molecule has 6 nitrogen and oxygen atoms in total. The van der Waals surface area contributed by atoms with Crippen LogP contribution in [0.15, 0.2) is 36.7 Å². The standard InChI is InChI=1S/C17H14N2O4S/c1-20-11-3-4-13(18-7-11)12-8-19-24-17(12)10-5-14(21-2)16-15(6-10)22-9-23-16/h3-8H,9H2,1-2H3. The van der Waals surface area contributed by atoms with E-state index >= 15 is 0 Å². The highest BCUT2D eigenvalue weighted by molar-refractivity contribution is 7.10. The fourth-order valence-electron chi connectivity index (χ4n) is 2.55. The Hall–Kier alpha value is -2.80. The topological polar surface area (TPSA) is 62.7 Å². The van der Waals surface area contributed by atoms with Crippen molar-refractivity contribution in [2.45, 2.75) is 0 Å². The summed E-state index contributed by atoms with van der Waals surface area (Å²) in [7, 11) is 3.23. The number of hydrogen-bond donors (Lipinski definition) is 0. The van der Waals surface area contributed by atoms with Crippen molar-refractivity contribution in [1.82, 2.24) is 9.36 Å². The summed E-state index contributed by atoms with van der Waals surface area (Å²) in [6.45, 7) is 0.199. The minimum absolute atomic E-state index is 0.199. The Morgan fingerprint density at radius 1 is 1.08 bits per heavy atom. The molecular formula is C17H14N2O4S. The average Bonchev–Trinajstić information content (AvgIpc) is 3.29. The summed E-state index contributed by atoms with van der Waals surface area (Å²) in [5, 5.41) is 0. The number of rotatable bonds is 4. The maximum Gasteiger partial charge on any atom is 0.231 e. The number of methoxy groups -OCH3 is 2. The van der Waals surface area contributed by atoms with Gasteiger partial charge in [-0.1, -0.05) is 0 Å². The van der Waals surface area contributed by atoms with E-state index in [1.54, 1.807) is 20.4 Å². The van der Waals surface area contributed by atoms with Crippen LogP contribution in [0.1, 0.15) is 0 Å². The molecule has 0 radical (unpaired) electrons. The van der Waals surface area contributed by atoms with Crippen molar-refractivity contribution in [1.29, 1.82) is 0 Å². The smallest absolute Gasteiger partial charge is 0.231 e. The summed E-state index contributed by atoms with van der Waals surface area (Å²) in [5.74, 6) is 2.66. The number of aromatic nitrogens is 2. The lowest BCUT2D eigenvalue weighted by Gasteiger charge is -2.08. The van der Waals surface area contributed by atoms with Crippen LogP contribution in [0.25, 0.3) is 21.7 Å². The van der Waals surface area contributed by atoms with Gasteiger partial charge < -0.3 is 18.9 Å². The van der Waals surface area contributed by atoms with Crippen LogP contribution < -0.4 is 18.9 Å². The molecule has 0 spiro atoms. The molecule has 0 aliphatic carbocycles. The number of fused-ring (bicyclic) bond motifs is 1. The number of hydrogen-bond acceptors (Lipinski definition) is 7. The van der Waals surface area contributed by atoms with Gasteiger partial charge in [0.1, 0.15) is 5.75 Å². The second kappa shape index (κ2) is 6.01. The molecule has 0 N–H and O–H groups in total. The number of ether oxygens (including phenoxy) is 4. The van der Waals surface area contributed by atoms with Crippen molar-refractivity contribution in [2.75, 3.05) is 21.0 Å². The van der Waals surface area contributed by atoms with E-state index in [2.05, 4.69) is 9.36 Å². The first kappa shape index (κ1) is 14.8. The molecule has 122 valence electrons. The van der Waals surface area contributed by atoms with Crippen LogP contribution >= 0.6 is 11.5 Å². The molecule has 0 saturated heterocycles. The first-order valence-electron chi connectivity index (χ1n) is 7.23. The van der Waals surface area contributed by atoms with Gasteiger partial charge in [-0.15, -0.1) is 0 Å². The van der Waals surface area contributed by atoms with Crippen LogP contribution in [-0.4, -0.2) is 30.4 Å². The van der Waals surface area contributed by atoms with E-state index < -0.39 is 0 Å². The van der Waals surface area contributed by atoms with Crippen LogP contribution in [0.2, 0.25) is 0 Å². The fourth-order valence-corrected chi connectivity index (χ4v) is 3.29. The second-order valence-corrected chi connectivity index (χ2v) is 5.87. The Balaban J connectivity index is 1.80. The maximum absolute atomic E-state index is 5.51. The predicted octanol–water partition coefficient (Wildman–Crippen LogP) is 3.62. The van der Waals surface area contributed by atoms with Crippen molar-refractivity contribution in [3.8, 4) is 44.7 Å². The first-order valence-corrected chi connectivity index (χ1v) is 8.00. The molecule has 4 rings (SSSR count). The zero-order chi connectivity index (χ0) is 16.5. The Labute approximate surface area is 142 Å². The van der Waals surface area contributed by atoms with E-state index in [0.717, 1.165) is 21.7 Å². The summed E-state index contributed by atoms with van der Waals surface area (Å²) in [6, 6.07) is 7.65. The van der Waals surface area contributed by atoms with Crippen molar-refractivity contribution >= 4 is 11.5 Å². The van der Waals surface area contributed by atoms with Gasteiger partial charge in [0.15, 0.2) is 11.5 Å². The third-order valence-corrected chi connectivity index (χ3v) is 4.59. The van der Waals surface area contributed by atoms with Crippen molar-refractivity contribution in [2.24, 2.45) is 0 Å². The van der Waals surface area contributed by atoms with Gasteiger partial charge in [0.2, 0.25) is 12.5 Å². The van der Waals surface area contributed by atoms with Crippen LogP contribution in [0.4, 0.5) is 0 Å². The van der Waals surface area contributed by atoms with E-state index in [0.29, 0.717) is 23.0 Å². The van der Waals surface area contributed by atoms with Gasteiger partial charge in [-0.25, -0.2) is 0 Å². The van der Waals surface area contributed by atoms with Gasteiger partial charge in [-0.3, -0.25) is 4.98 Å². The highest BCUT2D eigenvalue weighted by Crippen LogP contribution is 2.46. The highest BCUT2D eigenvalue weighted by atomic mass is 32.1. The zero-order valence-corrected chi connectivity index (χ0v) is 13.9. The Morgan fingerprint density at radius 2 is 2.00 bits per heavy atom. The molecule has 1 aliphatic rings. The molecular weight excluding hydrogens is 328 g/mol. The van der Waals surface area contributed by atoms with E-state index in [9.17, 15) is 0 Å². The molecule has 24 heavy (non-hydrogen) atoms. The SMILES string of the molecule is COc1ccc(-c2cnsc2-c2cc(OC)c3c(c2)OCO3)nc1. The molecule has 0 fully saturated rings. The number of nitrogens with zero attached hydrogens (tertiary/aromatic N) is 2. The lowest BCUT2D eigenvalue weighted by Crippen LogP contribution is -1.93. The average molecular weight is 342 g/mol. The van der Waals surface area contributed by atoms with Gasteiger partial charge in [0, 0.05) is 11.1 Å². The lowest BCUT2D eigenvalue weighted by atomic mass is 10.1. The van der Waals surface area contributed by atoms with Crippen LogP contribution in [0.3, 0.4) is 0 Å². The third kappa shape index (κ3) is 2.43. The largest absolute Gasteiger partial charge is 0.495 e. The summed E-state index contributed by atoms with van der Waals surface area (Å²) in [4.78, 5) is 5.44. The molecule has 7 heteroatoms. The summed E-state index contributed by atoms with van der Waals surface area (Å²) in [6.07, 6.45) is 3.50.